The van der Waals surface area contributed by atoms with E-state index in [4.69, 9.17) is 16.3 Å². The van der Waals surface area contributed by atoms with Gasteiger partial charge < -0.3 is 19.9 Å². The van der Waals surface area contributed by atoms with Crippen molar-refractivity contribution in [3.05, 3.63) is 75.8 Å². The van der Waals surface area contributed by atoms with Crippen LogP contribution in [0.4, 0.5) is 15.8 Å². The van der Waals surface area contributed by atoms with Crippen molar-refractivity contribution in [1.29, 1.82) is 0 Å². The fraction of sp³-hybridized carbons (Fsp3) is 0.200. The standard InChI is InChI=1S/C25H23ClFN3O5/c1-13-7-21(14(2)30(13)20-5-6-23(27)22(26)11-20)24(33)12-35-25(34)17-8-18(28-15(3)31)10-19(9-17)29-16(4)32/h5-11H,12H2,1-4H3,(H,28,31)(H,29,32). The number of carbonyl (C=O) groups excluding carboxylic acids is 4. The van der Waals surface area contributed by atoms with Gasteiger partial charge in [-0.1, -0.05) is 11.6 Å². The van der Waals surface area contributed by atoms with Gasteiger partial charge in [-0.25, -0.2) is 9.18 Å². The Morgan fingerprint density at radius 2 is 1.54 bits per heavy atom. The number of hydrogen-bond donors (Lipinski definition) is 2. The molecule has 1 heterocycles. The van der Waals surface area contributed by atoms with E-state index in [9.17, 15) is 23.6 Å². The van der Waals surface area contributed by atoms with Gasteiger partial charge in [0.05, 0.1) is 10.6 Å². The predicted molar refractivity (Wildman–Crippen MR) is 130 cm³/mol. The molecule has 2 amide bonds. The summed E-state index contributed by atoms with van der Waals surface area (Å²) in [5.74, 6) is -2.53. The lowest BCUT2D eigenvalue weighted by atomic mass is 10.1. The largest absolute Gasteiger partial charge is 0.454 e. The van der Waals surface area contributed by atoms with Crippen molar-refractivity contribution in [3.8, 4) is 5.69 Å². The molecule has 182 valence electrons. The third-order valence-electron chi connectivity index (χ3n) is 5.04. The molecule has 0 bridgehead atoms. The number of ether oxygens (including phenoxy) is 1. The number of hydrogen-bond acceptors (Lipinski definition) is 5. The summed E-state index contributed by atoms with van der Waals surface area (Å²) in [5, 5.41) is 5.04. The van der Waals surface area contributed by atoms with Gasteiger partial charge in [0.1, 0.15) is 5.82 Å². The molecule has 0 aliphatic carbocycles. The number of Topliss-reactive ketones (excluding diaryl/α,β-unsaturated/α-hetero) is 1. The summed E-state index contributed by atoms with van der Waals surface area (Å²) < 4.78 is 20.5. The number of rotatable bonds is 7. The third kappa shape index (κ3) is 6.13. The molecule has 10 heteroatoms. The second-order valence-corrected chi connectivity index (χ2v) is 8.29. The van der Waals surface area contributed by atoms with Crippen molar-refractivity contribution >= 4 is 46.5 Å². The van der Waals surface area contributed by atoms with Crippen LogP contribution in [0.5, 0.6) is 0 Å². The molecular formula is C25H23ClFN3O5. The highest BCUT2D eigenvalue weighted by atomic mass is 35.5. The molecule has 0 saturated carbocycles. The number of anilines is 2. The van der Waals surface area contributed by atoms with Crippen molar-refractivity contribution in [2.75, 3.05) is 17.2 Å². The first-order valence-corrected chi connectivity index (χ1v) is 10.9. The monoisotopic (exact) mass is 499 g/mol. The van der Waals surface area contributed by atoms with E-state index in [0.717, 1.165) is 0 Å². The molecule has 0 spiro atoms. The number of carbonyl (C=O) groups is 4. The summed E-state index contributed by atoms with van der Waals surface area (Å²) in [6, 6.07) is 10.1. The maximum atomic E-state index is 13.6. The van der Waals surface area contributed by atoms with E-state index in [1.165, 1.54) is 44.2 Å². The van der Waals surface area contributed by atoms with Crippen LogP contribution < -0.4 is 10.6 Å². The molecule has 8 nitrogen and oxygen atoms in total. The summed E-state index contributed by atoms with van der Waals surface area (Å²) in [7, 11) is 0. The highest BCUT2D eigenvalue weighted by molar-refractivity contribution is 6.30. The van der Waals surface area contributed by atoms with E-state index >= 15 is 0 Å². The first-order chi connectivity index (χ1) is 16.5. The summed E-state index contributed by atoms with van der Waals surface area (Å²) in [5.41, 5.74) is 2.81. The number of halogens is 2. The average Bonchev–Trinajstić information content (AvgIpc) is 3.06. The van der Waals surface area contributed by atoms with Crippen molar-refractivity contribution in [2.24, 2.45) is 0 Å². The number of amides is 2. The highest BCUT2D eigenvalue weighted by Gasteiger charge is 2.20. The second-order valence-electron chi connectivity index (χ2n) is 7.88. The molecule has 1 aromatic heterocycles. The Balaban J connectivity index is 1.80. The second kappa shape index (κ2) is 10.5. The lowest BCUT2D eigenvalue weighted by Crippen LogP contribution is -2.16. The number of ketones is 1. The van der Waals surface area contributed by atoms with Gasteiger partial charge in [-0.15, -0.1) is 0 Å². The number of nitrogens with one attached hydrogen (secondary N) is 2. The van der Waals surface area contributed by atoms with E-state index in [1.807, 2.05) is 0 Å². The molecule has 0 saturated heterocycles. The lowest BCUT2D eigenvalue weighted by Gasteiger charge is -2.11. The molecule has 0 radical (unpaired) electrons. The minimum Gasteiger partial charge on any atom is -0.454 e. The molecule has 3 rings (SSSR count). The third-order valence-corrected chi connectivity index (χ3v) is 5.33. The van der Waals surface area contributed by atoms with Crippen LogP contribution in [0.3, 0.4) is 0 Å². The van der Waals surface area contributed by atoms with Gasteiger partial charge in [-0.2, -0.15) is 0 Å². The molecule has 0 atom stereocenters. The topological polar surface area (TPSA) is 107 Å². The van der Waals surface area contributed by atoms with Crippen molar-refractivity contribution in [2.45, 2.75) is 27.7 Å². The minimum atomic E-state index is -0.809. The Bertz CT molecular complexity index is 1310. The molecule has 35 heavy (non-hydrogen) atoms. The normalized spacial score (nSPS) is 10.6. The Morgan fingerprint density at radius 1 is 0.943 bits per heavy atom. The van der Waals surface area contributed by atoms with Gasteiger partial charge >= 0.3 is 5.97 Å². The van der Waals surface area contributed by atoms with Crippen LogP contribution in [0.25, 0.3) is 5.69 Å². The first-order valence-electron chi connectivity index (χ1n) is 10.5. The van der Waals surface area contributed by atoms with Gasteiger partial charge in [0.25, 0.3) is 0 Å². The molecule has 0 aliphatic rings. The van der Waals surface area contributed by atoms with Gasteiger partial charge in [0.2, 0.25) is 17.6 Å². The van der Waals surface area contributed by atoms with Crippen LogP contribution in [0.1, 0.15) is 46.0 Å². The smallest absolute Gasteiger partial charge is 0.338 e. The Kier molecular flexibility index (Phi) is 7.71. The zero-order chi connectivity index (χ0) is 25.9. The number of esters is 1. The average molecular weight is 500 g/mol. The van der Waals surface area contributed by atoms with Crippen molar-refractivity contribution in [1.82, 2.24) is 4.57 Å². The molecule has 0 fully saturated rings. The van der Waals surface area contributed by atoms with E-state index in [1.54, 1.807) is 30.5 Å². The zero-order valence-electron chi connectivity index (χ0n) is 19.5. The van der Waals surface area contributed by atoms with E-state index in [-0.39, 0.29) is 33.8 Å². The van der Waals surface area contributed by atoms with Gasteiger partial charge in [-0.05, 0) is 56.3 Å². The lowest BCUT2D eigenvalue weighted by molar-refractivity contribution is -0.115. The van der Waals surface area contributed by atoms with Gasteiger partial charge in [0, 0.05) is 47.9 Å². The minimum absolute atomic E-state index is 0.0410. The summed E-state index contributed by atoms with van der Waals surface area (Å²) in [4.78, 5) is 48.3. The maximum absolute atomic E-state index is 13.6. The van der Waals surface area contributed by atoms with Crippen LogP contribution in [0.2, 0.25) is 5.02 Å². The summed E-state index contributed by atoms with van der Waals surface area (Å²) in [6.45, 7) is 5.57. The Labute approximate surface area is 206 Å². The van der Waals surface area contributed by atoms with Crippen LogP contribution in [0, 0.1) is 19.7 Å². The van der Waals surface area contributed by atoms with Crippen LogP contribution in [-0.2, 0) is 14.3 Å². The van der Waals surface area contributed by atoms with E-state index < -0.39 is 24.2 Å². The Morgan fingerprint density at radius 3 is 2.09 bits per heavy atom. The van der Waals surface area contributed by atoms with E-state index in [2.05, 4.69) is 10.6 Å². The van der Waals surface area contributed by atoms with Crippen LogP contribution in [0.15, 0.2) is 42.5 Å². The highest BCUT2D eigenvalue weighted by Crippen LogP contribution is 2.25. The predicted octanol–water partition coefficient (Wildman–Crippen LogP) is 4.84. The zero-order valence-corrected chi connectivity index (χ0v) is 20.2. The van der Waals surface area contributed by atoms with Gasteiger partial charge in [0.15, 0.2) is 6.61 Å². The van der Waals surface area contributed by atoms with Crippen molar-refractivity contribution in [3.63, 3.8) is 0 Å². The van der Waals surface area contributed by atoms with Crippen LogP contribution >= 0.6 is 11.6 Å². The maximum Gasteiger partial charge on any atom is 0.338 e. The first kappa shape index (κ1) is 25.6. The quantitative estimate of drug-likeness (QED) is 0.357. The van der Waals surface area contributed by atoms with Gasteiger partial charge in [-0.3, -0.25) is 14.4 Å². The summed E-state index contributed by atoms with van der Waals surface area (Å²) >= 11 is 5.90. The Hall–Kier alpha value is -3.98. The molecule has 2 N–H and O–H groups in total. The van der Waals surface area contributed by atoms with E-state index in [0.29, 0.717) is 22.6 Å². The summed E-state index contributed by atoms with van der Waals surface area (Å²) in [6.07, 6.45) is 0. The number of aryl methyl sites for hydroxylation is 1. The molecule has 0 unspecified atom stereocenters. The number of aromatic nitrogens is 1. The fourth-order valence-corrected chi connectivity index (χ4v) is 3.83. The fourth-order valence-electron chi connectivity index (χ4n) is 3.66. The molecule has 2 aromatic carbocycles. The number of benzene rings is 2. The molecule has 0 aliphatic heterocycles. The molecule has 3 aromatic rings. The SMILES string of the molecule is CC(=O)Nc1cc(NC(C)=O)cc(C(=O)OCC(=O)c2cc(C)n(-c3ccc(F)c(Cl)c3)c2C)c1. The molecular weight excluding hydrogens is 477 g/mol. The van der Waals surface area contributed by atoms with Crippen molar-refractivity contribution < 1.29 is 28.3 Å². The van der Waals surface area contributed by atoms with Crippen LogP contribution in [-0.4, -0.2) is 34.7 Å². The number of nitrogens with zero attached hydrogens (tertiary/aromatic N) is 1.